The Morgan fingerprint density at radius 2 is 1.36 bits per heavy atom. The molecule has 0 aliphatic heterocycles. The van der Waals surface area contributed by atoms with Gasteiger partial charge in [0.1, 0.15) is 5.75 Å². The monoisotopic (exact) mass is 306 g/mol. The molecule has 0 N–H and O–H groups in total. The van der Waals surface area contributed by atoms with Crippen molar-refractivity contribution in [2.24, 2.45) is 0 Å². The summed E-state index contributed by atoms with van der Waals surface area (Å²) in [4.78, 5) is 10.9. The Morgan fingerprint density at radius 1 is 0.818 bits per heavy atom. The highest BCUT2D eigenvalue weighted by molar-refractivity contribution is 5.68. The highest BCUT2D eigenvalue weighted by Crippen LogP contribution is 2.15. The number of unbranched alkanes of at least 4 members (excludes halogenated alkanes) is 7. The van der Waals surface area contributed by atoms with E-state index < -0.39 is 0 Å². The van der Waals surface area contributed by atoms with Gasteiger partial charge in [0, 0.05) is 6.42 Å². The van der Waals surface area contributed by atoms with E-state index in [1.54, 1.807) is 7.11 Å². The predicted octanol–water partition coefficient (Wildman–Crippen LogP) is 4.92. The number of carbonyl (C=O) groups is 1. The van der Waals surface area contributed by atoms with E-state index in [1.165, 1.54) is 51.2 Å². The number of esters is 1. The van der Waals surface area contributed by atoms with Crippen LogP contribution in [0.25, 0.3) is 0 Å². The van der Waals surface area contributed by atoms with E-state index in [0.29, 0.717) is 6.42 Å². The van der Waals surface area contributed by atoms with Gasteiger partial charge in [-0.15, -0.1) is 0 Å². The fourth-order valence-corrected chi connectivity index (χ4v) is 2.55. The minimum atomic E-state index is -0.0847. The SMILES string of the molecule is COC(=O)CCCCCCCCCCc1ccc(OC)cc1. The predicted molar refractivity (Wildman–Crippen MR) is 90.3 cm³/mol. The lowest BCUT2D eigenvalue weighted by molar-refractivity contribution is -0.140. The van der Waals surface area contributed by atoms with Gasteiger partial charge in [0.15, 0.2) is 0 Å². The Bertz CT molecular complexity index is 398. The molecule has 0 bridgehead atoms. The second kappa shape index (κ2) is 12.1. The van der Waals surface area contributed by atoms with Crippen molar-refractivity contribution >= 4 is 5.97 Å². The topological polar surface area (TPSA) is 35.5 Å². The van der Waals surface area contributed by atoms with Gasteiger partial charge in [0.05, 0.1) is 14.2 Å². The molecule has 0 amide bonds. The van der Waals surface area contributed by atoms with Crippen LogP contribution in [0, 0.1) is 0 Å². The lowest BCUT2D eigenvalue weighted by Gasteiger charge is -2.04. The second-order valence-corrected chi connectivity index (χ2v) is 5.75. The number of benzene rings is 1. The van der Waals surface area contributed by atoms with E-state index in [2.05, 4.69) is 16.9 Å². The van der Waals surface area contributed by atoms with Gasteiger partial charge >= 0.3 is 5.97 Å². The Hall–Kier alpha value is -1.51. The third-order valence-electron chi connectivity index (χ3n) is 3.98. The molecule has 1 rings (SSSR count). The molecule has 0 saturated heterocycles. The summed E-state index contributed by atoms with van der Waals surface area (Å²) in [5.74, 6) is 0.842. The van der Waals surface area contributed by atoms with Crippen LogP contribution in [0.3, 0.4) is 0 Å². The van der Waals surface area contributed by atoms with Crippen molar-refractivity contribution in [3.05, 3.63) is 29.8 Å². The Morgan fingerprint density at radius 3 is 1.91 bits per heavy atom. The zero-order valence-corrected chi connectivity index (χ0v) is 14.1. The molecular formula is C19H30O3. The molecule has 3 nitrogen and oxygen atoms in total. The van der Waals surface area contributed by atoms with Crippen LogP contribution in [0.5, 0.6) is 5.75 Å². The van der Waals surface area contributed by atoms with Crippen LogP contribution in [-0.2, 0) is 16.0 Å². The number of hydrogen-bond donors (Lipinski definition) is 0. The summed E-state index contributed by atoms with van der Waals surface area (Å²) >= 11 is 0. The van der Waals surface area contributed by atoms with Gasteiger partial charge in [-0.25, -0.2) is 0 Å². The quantitative estimate of drug-likeness (QED) is 0.406. The van der Waals surface area contributed by atoms with Gasteiger partial charge in [-0.2, -0.15) is 0 Å². The van der Waals surface area contributed by atoms with E-state index >= 15 is 0 Å². The summed E-state index contributed by atoms with van der Waals surface area (Å²) in [5.41, 5.74) is 1.39. The molecule has 3 heteroatoms. The van der Waals surface area contributed by atoms with E-state index in [4.69, 9.17) is 4.74 Å². The summed E-state index contributed by atoms with van der Waals surface area (Å²) in [5, 5.41) is 0. The molecule has 1 aromatic carbocycles. The number of carbonyl (C=O) groups excluding carboxylic acids is 1. The molecule has 0 aliphatic carbocycles. The maximum absolute atomic E-state index is 10.9. The molecule has 1 aromatic rings. The van der Waals surface area contributed by atoms with Gasteiger partial charge in [0.2, 0.25) is 0 Å². The third-order valence-corrected chi connectivity index (χ3v) is 3.98. The maximum atomic E-state index is 10.9. The Labute approximate surface area is 135 Å². The van der Waals surface area contributed by atoms with E-state index in [9.17, 15) is 4.79 Å². The number of methoxy groups -OCH3 is 2. The molecular weight excluding hydrogens is 276 g/mol. The van der Waals surface area contributed by atoms with E-state index in [0.717, 1.165) is 25.0 Å². The molecule has 124 valence electrons. The summed E-state index contributed by atoms with van der Waals surface area (Å²) in [6.45, 7) is 0. The van der Waals surface area contributed by atoms with Crippen LogP contribution in [0.1, 0.15) is 63.4 Å². The summed E-state index contributed by atoms with van der Waals surface area (Å²) in [6, 6.07) is 8.37. The molecule has 0 atom stereocenters. The van der Waals surface area contributed by atoms with Crippen molar-refractivity contribution < 1.29 is 14.3 Å². The van der Waals surface area contributed by atoms with Crippen LogP contribution < -0.4 is 4.74 Å². The normalized spacial score (nSPS) is 10.5. The highest BCUT2D eigenvalue weighted by atomic mass is 16.5. The fraction of sp³-hybridized carbons (Fsp3) is 0.632. The molecule has 0 fully saturated rings. The van der Waals surface area contributed by atoms with Crippen LogP contribution in [0.4, 0.5) is 0 Å². The van der Waals surface area contributed by atoms with Crippen molar-refractivity contribution in [1.82, 2.24) is 0 Å². The van der Waals surface area contributed by atoms with Crippen molar-refractivity contribution in [2.75, 3.05) is 14.2 Å². The van der Waals surface area contributed by atoms with Gasteiger partial charge < -0.3 is 9.47 Å². The first-order chi connectivity index (χ1) is 10.8. The number of aryl methyl sites for hydroxylation is 1. The van der Waals surface area contributed by atoms with E-state index in [1.807, 2.05) is 12.1 Å². The van der Waals surface area contributed by atoms with E-state index in [-0.39, 0.29) is 5.97 Å². The van der Waals surface area contributed by atoms with Crippen LogP contribution >= 0.6 is 0 Å². The summed E-state index contributed by atoms with van der Waals surface area (Å²) in [7, 11) is 3.15. The first kappa shape index (κ1) is 18.5. The first-order valence-electron chi connectivity index (χ1n) is 8.46. The zero-order chi connectivity index (χ0) is 16.0. The smallest absolute Gasteiger partial charge is 0.305 e. The molecule has 0 spiro atoms. The van der Waals surface area contributed by atoms with Crippen LogP contribution in [0.15, 0.2) is 24.3 Å². The number of ether oxygens (including phenoxy) is 2. The molecule has 0 heterocycles. The van der Waals surface area contributed by atoms with Gasteiger partial charge in [0.25, 0.3) is 0 Å². The standard InChI is InChI=1S/C19H30O3/c1-21-18-15-13-17(14-16-18)11-9-7-5-3-4-6-8-10-12-19(20)22-2/h13-16H,3-12H2,1-2H3. The minimum Gasteiger partial charge on any atom is -0.497 e. The van der Waals surface area contributed by atoms with Crippen molar-refractivity contribution in [3.63, 3.8) is 0 Å². The lowest BCUT2D eigenvalue weighted by atomic mass is 10.0. The molecule has 0 aromatic heterocycles. The molecule has 22 heavy (non-hydrogen) atoms. The van der Waals surface area contributed by atoms with Crippen LogP contribution in [-0.4, -0.2) is 20.2 Å². The molecule has 0 unspecified atom stereocenters. The van der Waals surface area contributed by atoms with Crippen LogP contribution in [0.2, 0.25) is 0 Å². The molecule has 0 aliphatic rings. The molecule has 0 radical (unpaired) electrons. The summed E-state index contributed by atoms with van der Waals surface area (Å²) in [6.07, 6.45) is 11.5. The first-order valence-corrected chi connectivity index (χ1v) is 8.46. The number of hydrogen-bond acceptors (Lipinski definition) is 3. The lowest BCUT2D eigenvalue weighted by Crippen LogP contribution is -1.99. The highest BCUT2D eigenvalue weighted by Gasteiger charge is 1.99. The Kier molecular flexibility index (Phi) is 10.2. The minimum absolute atomic E-state index is 0.0847. The van der Waals surface area contributed by atoms with Crippen molar-refractivity contribution in [1.29, 1.82) is 0 Å². The second-order valence-electron chi connectivity index (χ2n) is 5.75. The maximum Gasteiger partial charge on any atom is 0.305 e. The molecule has 0 saturated carbocycles. The van der Waals surface area contributed by atoms with Gasteiger partial charge in [-0.1, -0.05) is 50.7 Å². The average molecular weight is 306 g/mol. The average Bonchev–Trinajstić information content (AvgIpc) is 2.56. The van der Waals surface area contributed by atoms with Gasteiger partial charge in [-0.05, 0) is 37.0 Å². The zero-order valence-electron chi connectivity index (χ0n) is 14.1. The van der Waals surface area contributed by atoms with Gasteiger partial charge in [-0.3, -0.25) is 4.79 Å². The van der Waals surface area contributed by atoms with Crippen molar-refractivity contribution in [3.8, 4) is 5.75 Å². The Balaban J connectivity index is 1.90. The fourth-order valence-electron chi connectivity index (χ4n) is 2.55. The largest absolute Gasteiger partial charge is 0.497 e. The summed E-state index contributed by atoms with van der Waals surface area (Å²) < 4.78 is 9.79. The third kappa shape index (κ3) is 8.71. The van der Waals surface area contributed by atoms with Crippen molar-refractivity contribution in [2.45, 2.75) is 64.2 Å². The number of rotatable bonds is 12.